The first-order chi connectivity index (χ1) is 10.7. The first-order valence-corrected chi connectivity index (χ1v) is 7.26. The zero-order chi connectivity index (χ0) is 15.4. The zero-order valence-corrected chi connectivity index (χ0v) is 12.4. The summed E-state index contributed by atoms with van der Waals surface area (Å²) >= 11 is 0. The van der Waals surface area contributed by atoms with Crippen molar-refractivity contribution >= 4 is 22.2 Å². The number of hydrogen-bond donors (Lipinski definition) is 1. The van der Waals surface area contributed by atoms with Crippen molar-refractivity contribution in [3.63, 3.8) is 0 Å². The molecule has 3 aromatic carbocycles. The van der Waals surface area contributed by atoms with Crippen LogP contribution in [0.2, 0.25) is 0 Å². The summed E-state index contributed by atoms with van der Waals surface area (Å²) in [6, 6.07) is 23.6. The van der Waals surface area contributed by atoms with Crippen molar-refractivity contribution in [3.05, 3.63) is 90.1 Å². The molecule has 0 saturated carbocycles. The maximum Gasteiger partial charge on any atom is 0.187 e. The summed E-state index contributed by atoms with van der Waals surface area (Å²) in [4.78, 5) is 12.2. The fourth-order valence-corrected chi connectivity index (χ4v) is 2.47. The summed E-state index contributed by atoms with van der Waals surface area (Å²) in [7, 11) is 0. The maximum atomic E-state index is 12.2. The fourth-order valence-electron chi connectivity index (χ4n) is 2.47. The summed E-state index contributed by atoms with van der Waals surface area (Å²) in [5, 5.41) is 5.64. The van der Waals surface area contributed by atoms with Crippen LogP contribution < -0.4 is 5.32 Å². The molecule has 1 N–H and O–H groups in total. The predicted molar refractivity (Wildman–Crippen MR) is 92.1 cm³/mol. The lowest BCUT2D eigenvalue weighted by atomic mass is 10.1. The van der Waals surface area contributed by atoms with E-state index < -0.39 is 0 Å². The molecule has 2 nitrogen and oxygen atoms in total. The van der Waals surface area contributed by atoms with Crippen LogP contribution in [0.3, 0.4) is 0 Å². The third-order valence-corrected chi connectivity index (χ3v) is 3.53. The Labute approximate surface area is 130 Å². The predicted octanol–water partition coefficient (Wildman–Crippen LogP) is 5.04. The number of hydrogen-bond acceptors (Lipinski definition) is 2. The van der Waals surface area contributed by atoms with Crippen molar-refractivity contribution in [3.8, 4) is 0 Å². The van der Waals surface area contributed by atoms with Gasteiger partial charge in [0.15, 0.2) is 5.78 Å². The Morgan fingerprint density at radius 2 is 1.55 bits per heavy atom. The number of rotatable bonds is 4. The van der Waals surface area contributed by atoms with Crippen molar-refractivity contribution in [2.24, 2.45) is 0 Å². The van der Waals surface area contributed by atoms with Crippen LogP contribution >= 0.6 is 0 Å². The molecule has 0 aromatic heterocycles. The number of allylic oxidation sites excluding steroid dienone is 2. The first kappa shape index (κ1) is 14.1. The summed E-state index contributed by atoms with van der Waals surface area (Å²) in [6.07, 6.45) is 1.64. The number of ketones is 1. The molecule has 22 heavy (non-hydrogen) atoms. The minimum Gasteiger partial charge on any atom is -0.359 e. The highest BCUT2D eigenvalue weighted by Crippen LogP contribution is 2.24. The number of nitrogens with one attached hydrogen (secondary N) is 1. The second kappa shape index (κ2) is 6.27. The van der Waals surface area contributed by atoms with Crippen LogP contribution in [-0.2, 0) is 0 Å². The molecule has 0 bridgehead atoms. The van der Waals surface area contributed by atoms with E-state index in [4.69, 9.17) is 0 Å². The minimum absolute atomic E-state index is 0.00540. The molecular weight excluding hydrogens is 270 g/mol. The second-order valence-corrected chi connectivity index (χ2v) is 5.21. The van der Waals surface area contributed by atoms with Gasteiger partial charge in [0.25, 0.3) is 0 Å². The molecular formula is C20H17NO. The molecule has 108 valence electrons. The van der Waals surface area contributed by atoms with Crippen molar-refractivity contribution in [2.45, 2.75) is 6.92 Å². The van der Waals surface area contributed by atoms with E-state index in [1.807, 2.05) is 61.5 Å². The molecule has 0 saturated heterocycles. The van der Waals surface area contributed by atoms with Crippen LogP contribution in [0.4, 0.5) is 5.69 Å². The lowest BCUT2D eigenvalue weighted by molar-refractivity contribution is 0.104. The van der Waals surface area contributed by atoms with E-state index in [0.29, 0.717) is 5.56 Å². The average molecular weight is 287 g/mol. The fraction of sp³-hybridized carbons (Fsp3) is 0.0500. The SMILES string of the molecule is C/C(=C/C(=O)c1ccccc1)Nc1cccc2ccccc12. The van der Waals surface area contributed by atoms with E-state index in [-0.39, 0.29) is 5.78 Å². The van der Waals surface area contributed by atoms with E-state index in [9.17, 15) is 4.79 Å². The topological polar surface area (TPSA) is 29.1 Å². The highest BCUT2D eigenvalue weighted by Gasteiger charge is 2.04. The highest BCUT2D eigenvalue weighted by molar-refractivity contribution is 6.05. The Hall–Kier alpha value is -2.87. The van der Waals surface area contributed by atoms with Gasteiger partial charge in [-0.25, -0.2) is 0 Å². The molecule has 0 aliphatic rings. The molecule has 0 fully saturated rings. The molecule has 2 heteroatoms. The lowest BCUT2D eigenvalue weighted by Gasteiger charge is -2.10. The van der Waals surface area contributed by atoms with Crippen LogP contribution in [0, 0.1) is 0 Å². The molecule has 3 rings (SSSR count). The van der Waals surface area contributed by atoms with Crippen LogP contribution in [-0.4, -0.2) is 5.78 Å². The van der Waals surface area contributed by atoms with Crippen LogP contribution in [0.5, 0.6) is 0 Å². The van der Waals surface area contributed by atoms with Gasteiger partial charge in [-0.05, 0) is 18.4 Å². The number of anilines is 1. The number of benzene rings is 3. The largest absolute Gasteiger partial charge is 0.359 e. The van der Waals surface area contributed by atoms with Crippen LogP contribution in [0.25, 0.3) is 10.8 Å². The summed E-state index contributed by atoms with van der Waals surface area (Å²) < 4.78 is 0. The quantitative estimate of drug-likeness (QED) is 0.538. The lowest BCUT2D eigenvalue weighted by Crippen LogP contribution is -2.01. The third-order valence-electron chi connectivity index (χ3n) is 3.53. The average Bonchev–Trinajstić information content (AvgIpc) is 2.56. The highest BCUT2D eigenvalue weighted by atomic mass is 16.1. The Kier molecular flexibility index (Phi) is 4.01. The summed E-state index contributed by atoms with van der Waals surface area (Å²) in [6.45, 7) is 1.91. The normalized spacial score (nSPS) is 11.4. The molecule has 0 heterocycles. The van der Waals surface area contributed by atoms with E-state index in [1.165, 1.54) is 5.39 Å². The molecule has 0 atom stereocenters. The monoisotopic (exact) mass is 287 g/mol. The number of carbonyl (C=O) groups is 1. The Morgan fingerprint density at radius 3 is 2.36 bits per heavy atom. The molecule has 0 spiro atoms. The van der Waals surface area contributed by atoms with E-state index >= 15 is 0 Å². The van der Waals surface area contributed by atoms with Crippen molar-refractivity contribution in [2.75, 3.05) is 5.32 Å². The van der Waals surface area contributed by atoms with Gasteiger partial charge in [0, 0.05) is 28.4 Å². The summed E-state index contributed by atoms with van der Waals surface area (Å²) in [5.74, 6) is 0.00540. The zero-order valence-electron chi connectivity index (χ0n) is 12.4. The molecule has 3 aromatic rings. The smallest absolute Gasteiger partial charge is 0.187 e. The van der Waals surface area contributed by atoms with Gasteiger partial charge >= 0.3 is 0 Å². The first-order valence-electron chi connectivity index (χ1n) is 7.26. The molecule has 0 aliphatic heterocycles. The molecule has 0 aliphatic carbocycles. The van der Waals surface area contributed by atoms with Crippen molar-refractivity contribution < 1.29 is 4.79 Å². The van der Waals surface area contributed by atoms with Crippen LogP contribution in [0.1, 0.15) is 17.3 Å². The Bertz CT molecular complexity index is 829. The maximum absolute atomic E-state index is 12.2. The Morgan fingerprint density at radius 1 is 0.864 bits per heavy atom. The Balaban J connectivity index is 1.85. The van der Waals surface area contributed by atoms with Gasteiger partial charge in [-0.2, -0.15) is 0 Å². The molecule has 0 radical (unpaired) electrons. The minimum atomic E-state index is 0.00540. The van der Waals surface area contributed by atoms with Crippen molar-refractivity contribution in [1.82, 2.24) is 0 Å². The van der Waals surface area contributed by atoms with Gasteiger partial charge in [0.2, 0.25) is 0 Å². The number of fused-ring (bicyclic) bond motifs is 1. The van der Waals surface area contributed by atoms with E-state index in [0.717, 1.165) is 16.8 Å². The van der Waals surface area contributed by atoms with Gasteiger partial charge in [0.1, 0.15) is 0 Å². The van der Waals surface area contributed by atoms with Gasteiger partial charge in [-0.3, -0.25) is 4.79 Å². The third kappa shape index (κ3) is 3.07. The van der Waals surface area contributed by atoms with Gasteiger partial charge in [-0.15, -0.1) is 0 Å². The van der Waals surface area contributed by atoms with Crippen LogP contribution in [0.15, 0.2) is 84.6 Å². The van der Waals surface area contributed by atoms with Gasteiger partial charge in [0.05, 0.1) is 0 Å². The molecule has 0 unspecified atom stereocenters. The van der Waals surface area contributed by atoms with Gasteiger partial charge < -0.3 is 5.32 Å². The van der Waals surface area contributed by atoms with E-state index in [2.05, 4.69) is 23.5 Å². The summed E-state index contributed by atoms with van der Waals surface area (Å²) in [5.41, 5.74) is 2.53. The second-order valence-electron chi connectivity index (χ2n) is 5.21. The standard InChI is InChI=1S/C20H17NO/c1-15(14-20(22)17-9-3-2-4-10-17)21-19-13-7-11-16-8-5-6-12-18(16)19/h2-14,21H,1H3/b15-14-. The van der Waals surface area contributed by atoms with Gasteiger partial charge in [-0.1, -0.05) is 66.7 Å². The van der Waals surface area contributed by atoms with E-state index in [1.54, 1.807) is 6.08 Å². The van der Waals surface area contributed by atoms with Crippen molar-refractivity contribution in [1.29, 1.82) is 0 Å². The number of carbonyl (C=O) groups excluding carboxylic acids is 1. The molecule has 0 amide bonds.